The van der Waals surface area contributed by atoms with Crippen molar-refractivity contribution in [1.82, 2.24) is 14.5 Å². The molecule has 0 aliphatic heterocycles. The molecular formula is C48H32N4. The molecule has 0 aliphatic carbocycles. The van der Waals surface area contributed by atoms with Crippen LogP contribution in [0.15, 0.2) is 194 Å². The van der Waals surface area contributed by atoms with Crippen LogP contribution in [0.5, 0.6) is 0 Å². The zero-order valence-corrected chi connectivity index (χ0v) is 28.3. The summed E-state index contributed by atoms with van der Waals surface area (Å²) >= 11 is 0. The number of fused-ring (bicyclic) bond motifs is 6. The molecule has 0 spiro atoms. The van der Waals surface area contributed by atoms with E-state index in [1.165, 1.54) is 10.8 Å². The van der Waals surface area contributed by atoms with E-state index in [0.717, 1.165) is 78.1 Å². The molecule has 2 heterocycles. The largest absolute Gasteiger partial charge is 0.311 e. The topological polar surface area (TPSA) is 34.0 Å². The van der Waals surface area contributed by atoms with E-state index in [0.29, 0.717) is 0 Å². The van der Waals surface area contributed by atoms with Gasteiger partial charge in [0.15, 0.2) is 0 Å². The molecule has 0 fully saturated rings. The molecule has 8 aromatic carbocycles. The fourth-order valence-electron chi connectivity index (χ4n) is 7.57. The van der Waals surface area contributed by atoms with Crippen molar-refractivity contribution in [3.63, 3.8) is 0 Å². The van der Waals surface area contributed by atoms with Crippen LogP contribution in [-0.4, -0.2) is 14.5 Å². The quantitative estimate of drug-likeness (QED) is 0.166. The van der Waals surface area contributed by atoms with Crippen LogP contribution in [-0.2, 0) is 0 Å². The van der Waals surface area contributed by atoms with E-state index < -0.39 is 0 Å². The van der Waals surface area contributed by atoms with Crippen LogP contribution < -0.4 is 4.90 Å². The van der Waals surface area contributed by atoms with Crippen LogP contribution in [0.4, 0.5) is 17.1 Å². The number of para-hydroxylation sites is 6. The second kappa shape index (κ2) is 12.4. The van der Waals surface area contributed by atoms with E-state index in [1.54, 1.807) is 0 Å². The molecule has 0 amide bonds. The van der Waals surface area contributed by atoms with Gasteiger partial charge in [0.25, 0.3) is 0 Å². The van der Waals surface area contributed by atoms with Crippen LogP contribution >= 0.6 is 0 Å². The van der Waals surface area contributed by atoms with Gasteiger partial charge in [0.05, 0.1) is 22.2 Å². The third-order valence-corrected chi connectivity index (χ3v) is 9.94. The Hall–Kier alpha value is -7.04. The minimum Gasteiger partial charge on any atom is -0.311 e. The Morgan fingerprint density at radius 1 is 0.404 bits per heavy atom. The first-order chi connectivity index (χ1) is 25.8. The van der Waals surface area contributed by atoms with Gasteiger partial charge in [-0.15, -0.1) is 0 Å². The number of imidazole rings is 1. The van der Waals surface area contributed by atoms with Crippen LogP contribution in [0.3, 0.4) is 0 Å². The van der Waals surface area contributed by atoms with E-state index in [9.17, 15) is 0 Å². The summed E-state index contributed by atoms with van der Waals surface area (Å²) in [5.41, 5.74) is 10.6. The fraction of sp³-hybridized carbons (Fsp3) is 0. The van der Waals surface area contributed by atoms with Gasteiger partial charge < -0.3 is 4.90 Å². The summed E-state index contributed by atoms with van der Waals surface area (Å²) in [6, 6.07) is 68.4. The number of aromatic nitrogens is 3. The van der Waals surface area contributed by atoms with Gasteiger partial charge in [-0.1, -0.05) is 121 Å². The van der Waals surface area contributed by atoms with E-state index in [4.69, 9.17) is 9.97 Å². The van der Waals surface area contributed by atoms with Crippen molar-refractivity contribution in [3.05, 3.63) is 194 Å². The van der Waals surface area contributed by atoms with Crippen molar-refractivity contribution < 1.29 is 0 Å². The second-order valence-corrected chi connectivity index (χ2v) is 13.1. The number of hydrogen-bond acceptors (Lipinski definition) is 3. The number of rotatable bonds is 6. The summed E-state index contributed by atoms with van der Waals surface area (Å²) in [6.07, 6.45) is 0. The van der Waals surface area contributed by atoms with E-state index >= 15 is 0 Å². The standard InChI is InChI=1S/C48H32N4/c1-4-14-36(15-5-1)51(37-16-6-2-7-17-37)39-28-24-33(25-29-39)47-42-31-26-34-32-35(27-30-40(34)46(42)41-20-10-11-21-43(41)49-47)48-50-44-22-12-13-23-45(44)52(48)38-18-8-3-9-19-38/h1-32H. The molecule has 10 aromatic rings. The van der Waals surface area contributed by atoms with Gasteiger partial charge in [0.2, 0.25) is 0 Å². The molecule has 52 heavy (non-hydrogen) atoms. The Morgan fingerprint density at radius 3 is 1.71 bits per heavy atom. The highest BCUT2D eigenvalue weighted by atomic mass is 15.1. The van der Waals surface area contributed by atoms with Crippen molar-refractivity contribution in [3.8, 4) is 28.3 Å². The number of pyridine rings is 1. The third kappa shape index (κ3) is 5.00. The normalized spacial score (nSPS) is 11.5. The maximum absolute atomic E-state index is 5.28. The van der Waals surface area contributed by atoms with Crippen molar-refractivity contribution in [2.75, 3.05) is 4.90 Å². The predicted octanol–water partition coefficient (Wildman–Crippen LogP) is 12.7. The summed E-state index contributed by atoms with van der Waals surface area (Å²) in [6.45, 7) is 0. The smallest absolute Gasteiger partial charge is 0.145 e. The van der Waals surface area contributed by atoms with Gasteiger partial charge in [0, 0.05) is 50.0 Å². The van der Waals surface area contributed by atoms with E-state index in [2.05, 4.69) is 198 Å². The van der Waals surface area contributed by atoms with Gasteiger partial charge in [-0.05, 0) is 83.6 Å². The molecule has 244 valence electrons. The molecular weight excluding hydrogens is 633 g/mol. The van der Waals surface area contributed by atoms with Gasteiger partial charge in [0.1, 0.15) is 5.82 Å². The summed E-state index contributed by atoms with van der Waals surface area (Å²) in [5, 5.41) is 5.84. The Morgan fingerprint density at radius 2 is 0.981 bits per heavy atom. The number of hydrogen-bond donors (Lipinski definition) is 0. The van der Waals surface area contributed by atoms with Crippen LogP contribution in [0.25, 0.3) is 71.8 Å². The maximum atomic E-state index is 5.28. The molecule has 10 rings (SSSR count). The molecule has 0 saturated carbocycles. The minimum absolute atomic E-state index is 0.926. The predicted molar refractivity (Wildman–Crippen MR) is 217 cm³/mol. The highest BCUT2D eigenvalue weighted by molar-refractivity contribution is 6.22. The highest BCUT2D eigenvalue weighted by Gasteiger charge is 2.18. The van der Waals surface area contributed by atoms with Crippen molar-refractivity contribution >= 4 is 60.5 Å². The summed E-state index contributed by atoms with van der Waals surface area (Å²) in [7, 11) is 0. The lowest BCUT2D eigenvalue weighted by molar-refractivity contribution is 1.10. The average Bonchev–Trinajstić information content (AvgIpc) is 3.61. The van der Waals surface area contributed by atoms with Crippen molar-refractivity contribution in [2.24, 2.45) is 0 Å². The zero-order chi connectivity index (χ0) is 34.4. The fourth-order valence-corrected chi connectivity index (χ4v) is 7.57. The highest BCUT2D eigenvalue weighted by Crippen LogP contribution is 2.40. The first-order valence-corrected chi connectivity index (χ1v) is 17.6. The molecule has 4 nitrogen and oxygen atoms in total. The lowest BCUT2D eigenvalue weighted by atomic mass is 9.94. The summed E-state index contributed by atoms with van der Waals surface area (Å²) < 4.78 is 2.26. The van der Waals surface area contributed by atoms with Crippen molar-refractivity contribution in [1.29, 1.82) is 0 Å². The lowest BCUT2D eigenvalue weighted by Crippen LogP contribution is -2.09. The molecule has 0 radical (unpaired) electrons. The Kier molecular flexibility index (Phi) is 7.10. The van der Waals surface area contributed by atoms with Gasteiger partial charge in [-0.2, -0.15) is 0 Å². The van der Waals surface area contributed by atoms with Gasteiger partial charge in [-0.3, -0.25) is 4.57 Å². The maximum Gasteiger partial charge on any atom is 0.145 e. The summed E-state index contributed by atoms with van der Waals surface area (Å²) in [4.78, 5) is 12.7. The third-order valence-electron chi connectivity index (χ3n) is 9.94. The molecule has 0 aliphatic rings. The summed E-state index contributed by atoms with van der Waals surface area (Å²) in [5.74, 6) is 0.926. The average molecular weight is 665 g/mol. The second-order valence-electron chi connectivity index (χ2n) is 13.1. The van der Waals surface area contributed by atoms with Gasteiger partial charge in [-0.25, -0.2) is 9.97 Å². The first-order valence-electron chi connectivity index (χ1n) is 17.6. The lowest BCUT2D eigenvalue weighted by Gasteiger charge is -2.25. The number of benzene rings is 8. The molecule has 2 aromatic heterocycles. The monoisotopic (exact) mass is 664 g/mol. The van der Waals surface area contributed by atoms with Crippen LogP contribution in [0.1, 0.15) is 0 Å². The van der Waals surface area contributed by atoms with Crippen LogP contribution in [0.2, 0.25) is 0 Å². The molecule has 0 saturated heterocycles. The number of anilines is 3. The van der Waals surface area contributed by atoms with Crippen LogP contribution in [0, 0.1) is 0 Å². The Bertz CT molecular complexity index is 2840. The van der Waals surface area contributed by atoms with E-state index in [1.807, 2.05) is 6.07 Å². The first kappa shape index (κ1) is 29.8. The number of nitrogens with zero attached hydrogens (tertiary/aromatic N) is 4. The molecule has 0 unspecified atom stereocenters. The molecule has 0 bridgehead atoms. The van der Waals surface area contributed by atoms with E-state index in [-0.39, 0.29) is 0 Å². The minimum atomic E-state index is 0.926. The molecule has 0 N–H and O–H groups in total. The molecule has 4 heteroatoms. The Balaban J connectivity index is 1.13. The van der Waals surface area contributed by atoms with Gasteiger partial charge >= 0.3 is 0 Å². The molecule has 0 atom stereocenters. The van der Waals surface area contributed by atoms with Crippen molar-refractivity contribution in [2.45, 2.75) is 0 Å². The SMILES string of the molecule is c1ccc(N(c2ccccc2)c2ccc(-c3nc4ccccc4c4c3ccc3cc(-c5nc6ccccc6n5-c5ccccc5)ccc34)cc2)cc1. The zero-order valence-electron chi connectivity index (χ0n) is 28.3. The Labute approximate surface area is 301 Å².